The summed E-state index contributed by atoms with van der Waals surface area (Å²) in [4.78, 5) is 7.15. The molecule has 1 fully saturated rings. The Morgan fingerprint density at radius 3 is 2.32 bits per heavy atom. The molecule has 2 aromatic carbocycles. The highest BCUT2D eigenvalue weighted by atomic mass is 35.5. The largest absolute Gasteiger partial charge is 0.372 e. The molecule has 2 heterocycles. The van der Waals surface area contributed by atoms with Gasteiger partial charge in [-0.3, -0.25) is 4.99 Å². The number of halogens is 2. The van der Waals surface area contributed by atoms with Gasteiger partial charge in [0.25, 0.3) is 0 Å². The number of benzene rings is 2. The van der Waals surface area contributed by atoms with E-state index in [1.165, 1.54) is 37.2 Å². The van der Waals surface area contributed by atoms with E-state index >= 15 is 0 Å². The number of rotatable bonds is 2. The zero-order valence-electron chi connectivity index (χ0n) is 12.1. The van der Waals surface area contributed by atoms with Crippen molar-refractivity contribution < 1.29 is 0 Å². The zero-order chi connectivity index (χ0) is 15.1. The van der Waals surface area contributed by atoms with Crippen molar-refractivity contribution in [2.24, 2.45) is 4.99 Å². The summed E-state index contributed by atoms with van der Waals surface area (Å²) in [5.74, 6) is 0. The lowest BCUT2D eigenvalue weighted by Gasteiger charge is -2.17. The van der Waals surface area contributed by atoms with Crippen LogP contribution in [-0.2, 0) is 6.42 Å². The fourth-order valence-corrected chi connectivity index (χ4v) is 3.54. The molecule has 0 N–H and O–H groups in total. The fourth-order valence-electron chi connectivity index (χ4n) is 3.20. The summed E-state index contributed by atoms with van der Waals surface area (Å²) >= 11 is 12.2. The van der Waals surface area contributed by atoms with Crippen molar-refractivity contribution in [2.45, 2.75) is 19.3 Å². The normalized spacial score (nSPS) is 16.8. The second-order valence-electron chi connectivity index (χ2n) is 5.87. The van der Waals surface area contributed by atoms with Gasteiger partial charge in [0, 0.05) is 25.2 Å². The molecule has 2 aromatic rings. The first kappa shape index (κ1) is 14.1. The Morgan fingerprint density at radius 1 is 0.909 bits per heavy atom. The smallest absolute Gasteiger partial charge is 0.0685 e. The van der Waals surface area contributed by atoms with E-state index in [0.717, 1.165) is 23.4 Å². The van der Waals surface area contributed by atoms with Crippen LogP contribution < -0.4 is 4.90 Å². The van der Waals surface area contributed by atoms with Crippen molar-refractivity contribution in [3.63, 3.8) is 0 Å². The van der Waals surface area contributed by atoms with Crippen LogP contribution in [0.15, 0.2) is 41.4 Å². The van der Waals surface area contributed by atoms with Crippen molar-refractivity contribution in [3.05, 3.63) is 57.6 Å². The van der Waals surface area contributed by atoms with Gasteiger partial charge in [-0.05, 0) is 48.2 Å². The topological polar surface area (TPSA) is 15.6 Å². The van der Waals surface area contributed by atoms with Gasteiger partial charge in [0.05, 0.1) is 21.4 Å². The molecule has 22 heavy (non-hydrogen) atoms. The Morgan fingerprint density at radius 2 is 1.59 bits per heavy atom. The maximum absolute atomic E-state index is 6.09. The number of anilines is 1. The molecule has 0 unspecified atom stereocenters. The van der Waals surface area contributed by atoms with E-state index in [4.69, 9.17) is 28.2 Å². The minimum Gasteiger partial charge on any atom is -0.372 e. The molecular weight excluding hydrogens is 315 g/mol. The number of aliphatic imine (C=N–C) groups is 1. The van der Waals surface area contributed by atoms with E-state index in [1.54, 1.807) is 0 Å². The van der Waals surface area contributed by atoms with E-state index in [0.29, 0.717) is 10.0 Å². The molecule has 0 saturated carbocycles. The molecule has 0 atom stereocenters. The Kier molecular flexibility index (Phi) is 3.59. The number of fused-ring (bicyclic) bond motifs is 1. The third kappa shape index (κ3) is 2.51. The average molecular weight is 331 g/mol. The molecule has 4 heteroatoms. The first-order valence-corrected chi connectivity index (χ1v) is 8.37. The SMILES string of the molecule is Clc1cc2c(cc1Cl)N=C(c1ccc(N3CCCC3)cc1)C2. The lowest BCUT2D eigenvalue weighted by molar-refractivity contribution is 0.949. The van der Waals surface area contributed by atoms with Crippen molar-refractivity contribution in [1.82, 2.24) is 0 Å². The van der Waals surface area contributed by atoms with Gasteiger partial charge in [-0.1, -0.05) is 35.3 Å². The van der Waals surface area contributed by atoms with E-state index in [9.17, 15) is 0 Å². The first-order valence-electron chi connectivity index (χ1n) is 7.61. The fraction of sp³-hybridized carbons (Fsp3) is 0.278. The monoisotopic (exact) mass is 330 g/mol. The van der Waals surface area contributed by atoms with E-state index < -0.39 is 0 Å². The molecule has 2 nitrogen and oxygen atoms in total. The highest BCUT2D eigenvalue weighted by Crippen LogP contribution is 2.36. The van der Waals surface area contributed by atoms with E-state index in [2.05, 4.69) is 29.2 Å². The van der Waals surface area contributed by atoms with Gasteiger partial charge in [-0.15, -0.1) is 0 Å². The molecule has 2 aliphatic heterocycles. The maximum atomic E-state index is 6.09. The third-order valence-electron chi connectivity index (χ3n) is 4.41. The quantitative estimate of drug-likeness (QED) is 0.732. The summed E-state index contributed by atoms with van der Waals surface area (Å²) in [6.45, 7) is 2.34. The Labute approximate surface area is 140 Å². The van der Waals surface area contributed by atoms with Crippen LogP contribution >= 0.6 is 23.2 Å². The first-order chi connectivity index (χ1) is 10.7. The van der Waals surface area contributed by atoms with Crippen molar-refractivity contribution in [3.8, 4) is 0 Å². The molecule has 4 rings (SSSR count). The predicted octanol–water partition coefficient (Wildman–Crippen LogP) is 5.27. The van der Waals surface area contributed by atoms with Crippen LogP contribution in [0.5, 0.6) is 0 Å². The molecule has 0 aliphatic carbocycles. The summed E-state index contributed by atoms with van der Waals surface area (Å²) in [5, 5.41) is 1.16. The molecule has 0 aromatic heterocycles. The minimum atomic E-state index is 0.565. The lowest BCUT2D eigenvalue weighted by Crippen LogP contribution is -2.17. The van der Waals surface area contributed by atoms with Crippen molar-refractivity contribution in [2.75, 3.05) is 18.0 Å². The molecule has 112 valence electrons. The van der Waals surface area contributed by atoms with Gasteiger partial charge in [0.15, 0.2) is 0 Å². The Balaban J connectivity index is 1.59. The Bertz CT molecular complexity index is 744. The van der Waals surface area contributed by atoms with Crippen LogP contribution in [0, 0.1) is 0 Å². The van der Waals surface area contributed by atoms with E-state index in [-0.39, 0.29) is 0 Å². The molecule has 0 spiro atoms. The Hall–Kier alpha value is -1.51. The van der Waals surface area contributed by atoms with Crippen molar-refractivity contribution >= 4 is 40.3 Å². The van der Waals surface area contributed by atoms with E-state index in [1.807, 2.05) is 12.1 Å². The van der Waals surface area contributed by atoms with Crippen LogP contribution in [0.25, 0.3) is 0 Å². The standard InChI is InChI=1S/C18H16Cl2N2/c19-15-9-13-10-17(21-18(13)11-16(15)20)12-3-5-14(6-4-12)22-7-1-2-8-22/h3-6,9,11H,1-2,7-8,10H2. The average Bonchev–Trinajstić information content (AvgIpc) is 3.17. The lowest BCUT2D eigenvalue weighted by atomic mass is 10.0. The van der Waals surface area contributed by atoms with Gasteiger partial charge in [-0.2, -0.15) is 0 Å². The zero-order valence-corrected chi connectivity index (χ0v) is 13.7. The summed E-state index contributed by atoms with van der Waals surface area (Å²) in [6, 6.07) is 12.5. The second-order valence-corrected chi connectivity index (χ2v) is 6.69. The number of hydrogen-bond acceptors (Lipinski definition) is 2. The molecule has 2 aliphatic rings. The van der Waals surface area contributed by atoms with Crippen LogP contribution in [0.1, 0.15) is 24.0 Å². The molecule has 1 saturated heterocycles. The van der Waals surface area contributed by atoms with Crippen LogP contribution in [0.4, 0.5) is 11.4 Å². The van der Waals surface area contributed by atoms with Gasteiger partial charge in [0.2, 0.25) is 0 Å². The van der Waals surface area contributed by atoms with Gasteiger partial charge < -0.3 is 4.90 Å². The number of nitrogens with zero attached hydrogens (tertiary/aromatic N) is 2. The third-order valence-corrected chi connectivity index (χ3v) is 5.13. The summed E-state index contributed by atoms with van der Waals surface area (Å²) in [6.07, 6.45) is 3.41. The van der Waals surface area contributed by atoms with Crippen LogP contribution in [0.3, 0.4) is 0 Å². The highest BCUT2D eigenvalue weighted by Gasteiger charge is 2.18. The second kappa shape index (κ2) is 5.60. The highest BCUT2D eigenvalue weighted by molar-refractivity contribution is 6.42. The van der Waals surface area contributed by atoms with Gasteiger partial charge >= 0.3 is 0 Å². The summed E-state index contributed by atoms with van der Waals surface area (Å²) in [5.41, 5.74) is 5.65. The van der Waals surface area contributed by atoms with Crippen LogP contribution in [0.2, 0.25) is 10.0 Å². The predicted molar refractivity (Wildman–Crippen MR) is 94.3 cm³/mol. The van der Waals surface area contributed by atoms with Crippen molar-refractivity contribution in [1.29, 1.82) is 0 Å². The molecule has 0 amide bonds. The summed E-state index contributed by atoms with van der Waals surface area (Å²) < 4.78 is 0. The molecular formula is C18H16Cl2N2. The van der Waals surface area contributed by atoms with Gasteiger partial charge in [0.1, 0.15) is 0 Å². The molecule has 0 bridgehead atoms. The van der Waals surface area contributed by atoms with Crippen LogP contribution in [-0.4, -0.2) is 18.8 Å². The number of hydrogen-bond donors (Lipinski definition) is 0. The maximum Gasteiger partial charge on any atom is 0.0685 e. The van der Waals surface area contributed by atoms with Gasteiger partial charge in [-0.25, -0.2) is 0 Å². The molecule has 0 radical (unpaired) electrons. The summed E-state index contributed by atoms with van der Waals surface area (Å²) in [7, 11) is 0. The minimum absolute atomic E-state index is 0.565.